The number of halogens is 1. The second kappa shape index (κ2) is 11.5. The summed E-state index contributed by atoms with van der Waals surface area (Å²) >= 11 is 2.09. The smallest absolute Gasteiger partial charge is 0.191 e. The fourth-order valence-corrected chi connectivity index (χ4v) is 5.49. The maximum atomic E-state index is 4.82. The van der Waals surface area contributed by atoms with Crippen molar-refractivity contribution in [3.8, 4) is 0 Å². The van der Waals surface area contributed by atoms with Gasteiger partial charge in [-0.25, -0.2) is 4.99 Å². The molecule has 0 atom stereocenters. The predicted octanol–water partition coefficient (Wildman–Crippen LogP) is 3.15. The van der Waals surface area contributed by atoms with Gasteiger partial charge in [-0.3, -0.25) is 9.30 Å². The Bertz CT molecular complexity index is 813. The minimum absolute atomic E-state index is 0. The number of pyridine rings is 1. The number of hydrogen-bond donors (Lipinski definition) is 2. The van der Waals surface area contributed by atoms with Crippen molar-refractivity contribution in [1.29, 1.82) is 0 Å². The van der Waals surface area contributed by atoms with Gasteiger partial charge in [0.2, 0.25) is 0 Å². The number of fused-ring (bicyclic) bond motifs is 1. The molecule has 9 heteroatoms. The molecular weight excluding hydrogens is 509 g/mol. The molecule has 0 amide bonds. The van der Waals surface area contributed by atoms with E-state index in [-0.39, 0.29) is 29.5 Å². The molecule has 0 spiro atoms. The van der Waals surface area contributed by atoms with Gasteiger partial charge in [0.05, 0.1) is 0 Å². The van der Waals surface area contributed by atoms with E-state index in [1.54, 1.807) is 0 Å². The molecule has 2 aromatic rings. The highest BCUT2D eigenvalue weighted by Gasteiger charge is 2.38. The van der Waals surface area contributed by atoms with Gasteiger partial charge < -0.3 is 10.6 Å². The van der Waals surface area contributed by atoms with Crippen LogP contribution >= 0.6 is 35.7 Å². The number of hydrogen-bond acceptors (Lipinski definition) is 5. The molecule has 2 N–H and O–H groups in total. The normalized spacial score (nSPS) is 20.0. The van der Waals surface area contributed by atoms with Gasteiger partial charge in [-0.1, -0.05) is 25.3 Å². The maximum absolute atomic E-state index is 4.82. The summed E-state index contributed by atoms with van der Waals surface area (Å²) in [6, 6.07) is 5.94. The zero-order valence-corrected chi connectivity index (χ0v) is 21.0. The van der Waals surface area contributed by atoms with Crippen LogP contribution in [0.15, 0.2) is 29.4 Å². The first kappa shape index (κ1) is 23.6. The van der Waals surface area contributed by atoms with Crippen LogP contribution in [0, 0.1) is 0 Å². The Hall–Kier alpha value is -1.07. The molecule has 0 radical (unpaired) electrons. The molecule has 0 unspecified atom stereocenters. The standard InChI is InChI=1S/C21H33N7S.HI/c1-2-22-20(23-16-19-26-25-18-8-4-7-11-28(18)19)24-17-21(9-5-3-6-10-21)27-12-14-29-15-13-27;/h4,7-8,11H,2-3,5-6,9-10,12-17H2,1H3,(H2,22,23,24);1H. The molecule has 2 aromatic heterocycles. The molecule has 1 aliphatic carbocycles. The Morgan fingerprint density at radius 3 is 2.70 bits per heavy atom. The third kappa shape index (κ3) is 5.59. The summed E-state index contributed by atoms with van der Waals surface area (Å²) in [6.45, 7) is 6.86. The van der Waals surface area contributed by atoms with Crippen LogP contribution in [0.4, 0.5) is 0 Å². The Labute approximate surface area is 200 Å². The van der Waals surface area contributed by atoms with Crippen molar-refractivity contribution in [1.82, 2.24) is 30.1 Å². The van der Waals surface area contributed by atoms with E-state index < -0.39 is 0 Å². The molecule has 1 saturated carbocycles. The zero-order valence-electron chi connectivity index (χ0n) is 17.8. The lowest BCUT2D eigenvalue weighted by atomic mass is 9.80. The second-order valence-corrected chi connectivity index (χ2v) is 9.20. The fourth-order valence-electron chi connectivity index (χ4n) is 4.59. The molecule has 0 bridgehead atoms. The van der Waals surface area contributed by atoms with Crippen LogP contribution < -0.4 is 10.6 Å². The Kier molecular flexibility index (Phi) is 9.06. The summed E-state index contributed by atoms with van der Waals surface area (Å²) in [4.78, 5) is 7.57. The molecule has 30 heavy (non-hydrogen) atoms. The number of aliphatic imine (C=N–C) groups is 1. The average Bonchev–Trinajstić information content (AvgIpc) is 3.20. The minimum Gasteiger partial charge on any atom is -0.357 e. The monoisotopic (exact) mass is 543 g/mol. The SMILES string of the molecule is CCNC(=NCc1nnc2ccccn12)NCC1(N2CCSCC2)CCCCC1.I. The third-order valence-corrected chi connectivity index (χ3v) is 7.10. The van der Waals surface area contributed by atoms with Gasteiger partial charge in [-0.05, 0) is 31.9 Å². The van der Waals surface area contributed by atoms with Crippen molar-refractivity contribution in [2.75, 3.05) is 37.7 Å². The molecular formula is C21H34IN7S. The van der Waals surface area contributed by atoms with E-state index >= 15 is 0 Å². The van der Waals surface area contributed by atoms with Crippen LogP contribution in [0.25, 0.3) is 5.65 Å². The summed E-state index contributed by atoms with van der Waals surface area (Å²) in [5.41, 5.74) is 1.14. The van der Waals surface area contributed by atoms with E-state index in [4.69, 9.17) is 4.99 Å². The molecule has 1 aliphatic heterocycles. The highest BCUT2D eigenvalue weighted by Crippen LogP contribution is 2.34. The van der Waals surface area contributed by atoms with Gasteiger partial charge in [-0.15, -0.1) is 34.2 Å². The molecule has 2 fully saturated rings. The van der Waals surface area contributed by atoms with E-state index in [9.17, 15) is 0 Å². The average molecular weight is 544 g/mol. The minimum atomic E-state index is 0. The van der Waals surface area contributed by atoms with Crippen molar-refractivity contribution < 1.29 is 0 Å². The lowest BCUT2D eigenvalue weighted by Gasteiger charge is -2.48. The first-order valence-electron chi connectivity index (χ1n) is 10.9. The topological polar surface area (TPSA) is 69.8 Å². The Morgan fingerprint density at radius 2 is 1.93 bits per heavy atom. The van der Waals surface area contributed by atoms with Crippen molar-refractivity contribution in [3.63, 3.8) is 0 Å². The number of nitrogens with zero attached hydrogens (tertiary/aromatic N) is 5. The zero-order chi connectivity index (χ0) is 19.9. The molecule has 1 saturated heterocycles. The van der Waals surface area contributed by atoms with Crippen molar-refractivity contribution >= 4 is 47.3 Å². The van der Waals surface area contributed by atoms with Gasteiger partial charge in [0.15, 0.2) is 17.4 Å². The quantitative estimate of drug-likeness (QED) is 0.332. The first-order chi connectivity index (χ1) is 14.3. The highest BCUT2D eigenvalue weighted by molar-refractivity contribution is 14.0. The summed E-state index contributed by atoms with van der Waals surface area (Å²) in [7, 11) is 0. The molecule has 166 valence electrons. The summed E-state index contributed by atoms with van der Waals surface area (Å²) < 4.78 is 2.00. The van der Waals surface area contributed by atoms with Gasteiger partial charge in [0.1, 0.15) is 6.54 Å². The largest absolute Gasteiger partial charge is 0.357 e. The Morgan fingerprint density at radius 1 is 1.13 bits per heavy atom. The summed E-state index contributed by atoms with van der Waals surface area (Å²) in [6.07, 6.45) is 8.62. The number of thioether (sulfide) groups is 1. The van der Waals surface area contributed by atoms with E-state index in [1.165, 1.54) is 56.7 Å². The summed E-state index contributed by atoms with van der Waals surface area (Å²) in [5.74, 6) is 4.25. The van der Waals surface area contributed by atoms with Crippen LogP contribution in [-0.4, -0.2) is 68.7 Å². The number of aromatic nitrogens is 3. The fraction of sp³-hybridized carbons (Fsp3) is 0.667. The maximum Gasteiger partial charge on any atom is 0.191 e. The van der Waals surface area contributed by atoms with Crippen LogP contribution in [-0.2, 0) is 6.54 Å². The number of nitrogens with one attached hydrogen (secondary N) is 2. The van der Waals surface area contributed by atoms with Crippen LogP contribution in [0.1, 0.15) is 44.9 Å². The molecule has 4 rings (SSSR count). The first-order valence-corrected chi connectivity index (χ1v) is 12.1. The second-order valence-electron chi connectivity index (χ2n) is 7.98. The summed E-state index contributed by atoms with van der Waals surface area (Å²) in [5, 5.41) is 15.6. The van der Waals surface area contributed by atoms with E-state index in [1.807, 2.05) is 28.8 Å². The molecule has 7 nitrogen and oxygen atoms in total. The van der Waals surface area contributed by atoms with Crippen molar-refractivity contribution in [3.05, 3.63) is 30.2 Å². The molecule has 2 aliphatic rings. The highest BCUT2D eigenvalue weighted by atomic mass is 127. The number of rotatable bonds is 6. The van der Waals surface area contributed by atoms with E-state index in [0.717, 1.165) is 30.5 Å². The third-order valence-electron chi connectivity index (χ3n) is 6.16. The van der Waals surface area contributed by atoms with Gasteiger partial charge >= 0.3 is 0 Å². The van der Waals surface area contributed by atoms with Crippen molar-refractivity contribution in [2.24, 2.45) is 4.99 Å². The van der Waals surface area contributed by atoms with E-state index in [2.05, 4.69) is 44.4 Å². The van der Waals surface area contributed by atoms with Crippen LogP contribution in [0.5, 0.6) is 0 Å². The van der Waals surface area contributed by atoms with Gasteiger partial charge in [0, 0.05) is 49.4 Å². The Balaban J connectivity index is 0.00000256. The van der Waals surface area contributed by atoms with Crippen LogP contribution in [0.2, 0.25) is 0 Å². The van der Waals surface area contributed by atoms with Crippen LogP contribution in [0.3, 0.4) is 0 Å². The lowest BCUT2D eigenvalue weighted by molar-refractivity contribution is 0.0626. The molecule has 3 heterocycles. The van der Waals surface area contributed by atoms with E-state index in [0.29, 0.717) is 6.54 Å². The predicted molar refractivity (Wildman–Crippen MR) is 136 cm³/mol. The molecule has 0 aromatic carbocycles. The number of guanidine groups is 1. The lowest BCUT2D eigenvalue weighted by Crippen LogP contribution is -2.59. The van der Waals surface area contributed by atoms with Gasteiger partial charge in [-0.2, -0.15) is 11.8 Å². The van der Waals surface area contributed by atoms with Crippen molar-refractivity contribution in [2.45, 2.75) is 51.1 Å². The van der Waals surface area contributed by atoms with Gasteiger partial charge in [0.25, 0.3) is 0 Å².